The first kappa shape index (κ1) is 27.1. The second-order valence-electron chi connectivity index (χ2n) is 11.1. The van der Waals surface area contributed by atoms with Crippen molar-refractivity contribution in [2.24, 2.45) is 0 Å². The lowest BCUT2D eigenvalue weighted by atomic mass is 10.0. The Hall–Kier alpha value is -4.73. The van der Waals surface area contributed by atoms with Crippen LogP contribution in [-0.2, 0) is 11.3 Å². The number of aromatic amines is 1. The predicted molar refractivity (Wildman–Crippen MR) is 161 cm³/mol. The number of H-pyrrole nitrogens is 1. The first-order valence-corrected chi connectivity index (χ1v) is 14.2. The molecule has 218 valence electrons. The van der Waals surface area contributed by atoms with Gasteiger partial charge in [0.05, 0.1) is 11.0 Å². The minimum atomic E-state index is -0.736. The molecule has 1 amide bonds. The Morgan fingerprint density at radius 2 is 1.79 bits per heavy atom. The number of halogens is 1. The molecule has 3 heterocycles. The van der Waals surface area contributed by atoms with Crippen molar-refractivity contribution in [3.8, 4) is 22.6 Å². The highest BCUT2D eigenvalue weighted by molar-refractivity contribution is 6.00. The van der Waals surface area contributed by atoms with E-state index in [9.17, 15) is 9.18 Å². The summed E-state index contributed by atoms with van der Waals surface area (Å²) >= 11 is 0. The molecule has 0 saturated carbocycles. The molecular formula is C34H31FN4O4. The van der Waals surface area contributed by atoms with Gasteiger partial charge in [-0.15, -0.1) is 0 Å². The van der Waals surface area contributed by atoms with E-state index < -0.39 is 11.9 Å². The molecule has 2 aliphatic rings. The van der Waals surface area contributed by atoms with Gasteiger partial charge in [-0.3, -0.25) is 9.69 Å². The van der Waals surface area contributed by atoms with Gasteiger partial charge in [0.25, 0.3) is 5.91 Å². The number of methoxy groups -OCH3 is 1. The van der Waals surface area contributed by atoms with Gasteiger partial charge in [-0.05, 0) is 72.3 Å². The van der Waals surface area contributed by atoms with E-state index in [2.05, 4.69) is 16.9 Å². The fourth-order valence-electron chi connectivity index (χ4n) is 5.90. The molecule has 1 atom stereocenters. The zero-order valence-electron chi connectivity index (χ0n) is 23.9. The number of imidazole rings is 1. The lowest BCUT2D eigenvalue weighted by Crippen LogP contribution is -2.51. The standard InChI is InChI=1S/C34H31FN4O4/c1-38-18-26(19-38)43-25-12-9-21(10-13-25)22-7-8-23-17-39(34(40)27(23)15-22)32(33-36-29-5-3-4-6-30(29)37-33)28-16-24(35)11-14-31(28)42-20-41-2/h3-16,26,32H,17-20H2,1-2H3,(H,36,37). The zero-order valence-corrected chi connectivity index (χ0v) is 23.9. The van der Waals surface area contributed by atoms with Gasteiger partial charge >= 0.3 is 0 Å². The van der Waals surface area contributed by atoms with Gasteiger partial charge in [-0.25, -0.2) is 9.37 Å². The van der Waals surface area contributed by atoms with Gasteiger partial charge in [0.15, 0.2) is 6.79 Å². The lowest BCUT2D eigenvalue weighted by molar-refractivity contribution is 0.0388. The monoisotopic (exact) mass is 578 g/mol. The maximum atomic E-state index is 14.7. The fourth-order valence-corrected chi connectivity index (χ4v) is 5.90. The van der Waals surface area contributed by atoms with E-state index >= 15 is 0 Å². The molecule has 0 spiro atoms. The summed E-state index contributed by atoms with van der Waals surface area (Å²) in [5.41, 5.74) is 5.46. The molecule has 43 heavy (non-hydrogen) atoms. The maximum Gasteiger partial charge on any atom is 0.255 e. The highest BCUT2D eigenvalue weighted by Gasteiger charge is 2.38. The number of benzene rings is 4. The van der Waals surface area contributed by atoms with E-state index in [1.807, 2.05) is 66.7 Å². The molecule has 4 aromatic carbocycles. The molecule has 7 rings (SSSR count). The zero-order chi connectivity index (χ0) is 29.5. The smallest absolute Gasteiger partial charge is 0.255 e. The molecule has 1 N–H and O–H groups in total. The van der Waals surface area contributed by atoms with Crippen LogP contribution >= 0.6 is 0 Å². The van der Waals surface area contributed by atoms with Crippen molar-refractivity contribution < 1.29 is 23.4 Å². The highest BCUT2D eigenvalue weighted by Crippen LogP contribution is 2.40. The van der Waals surface area contributed by atoms with Crippen LogP contribution in [0.2, 0.25) is 0 Å². The van der Waals surface area contributed by atoms with Crippen LogP contribution in [0.1, 0.15) is 33.4 Å². The van der Waals surface area contributed by atoms with E-state index in [0.717, 1.165) is 46.6 Å². The van der Waals surface area contributed by atoms with Crippen LogP contribution in [0.5, 0.6) is 11.5 Å². The number of likely N-dealkylation sites (N-methyl/N-ethyl adjacent to an activating group) is 1. The molecule has 0 radical (unpaired) electrons. The van der Waals surface area contributed by atoms with Crippen LogP contribution in [0.3, 0.4) is 0 Å². The number of nitrogens with one attached hydrogen (secondary N) is 1. The normalized spacial score (nSPS) is 15.9. The molecule has 0 aliphatic carbocycles. The third-order valence-electron chi connectivity index (χ3n) is 8.04. The quantitative estimate of drug-likeness (QED) is 0.223. The number of carbonyl (C=O) groups is 1. The van der Waals surface area contributed by atoms with E-state index in [4.69, 9.17) is 19.2 Å². The van der Waals surface area contributed by atoms with Gasteiger partial charge in [0.2, 0.25) is 0 Å². The van der Waals surface area contributed by atoms with Gasteiger partial charge in [0.1, 0.15) is 35.3 Å². The van der Waals surface area contributed by atoms with Crippen LogP contribution in [0.4, 0.5) is 4.39 Å². The number of carbonyl (C=O) groups excluding carboxylic acids is 1. The molecule has 9 heteroatoms. The second kappa shape index (κ2) is 11.2. The molecule has 1 unspecified atom stereocenters. The SMILES string of the molecule is COCOc1ccc(F)cc1C(c1nc2ccccc2[nH]1)N1Cc2ccc(-c3ccc(OC4CN(C)C4)cc3)cc2C1=O. The molecule has 5 aromatic rings. The molecule has 1 aromatic heterocycles. The summed E-state index contributed by atoms with van der Waals surface area (Å²) in [7, 11) is 3.59. The number of hydrogen-bond acceptors (Lipinski definition) is 6. The van der Waals surface area contributed by atoms with Crippen molar-refractivity contribution in [1.29, 1.82) is 0 Å². The Labute approximate surface area is 248 Å². The first-order chi connectivity index (χ1) is 21.0. The number of nitrogens with zero attached hydrogens (tertiary/aromatic N) is 3. The Morgan fingerprint density at radius 1 is 1.00 bits per heavy atom. The minimum absolute atomic E-state index is 0.0233. The number of likely N-dealkylation sites (tertiary alicyclic amines) is 1. The summed E-state index contributed by atoms with van der Waals surface area (Å²) in [6.07, 6.45) is 0.220. The maximum absolute atomic E-state index is 14.7. The number of para-hydroxylation sites is 2. The van der Waals surface area contributed by atoms with E-state index in [1.165, 1.54) is 19.2 Å². The van der Waals surface area contributed by atoms with E-state index in [0.29, 0.717) is 29.2 Å². The number of ether oxygens (including phenoxy) is 3. The molecule has 1 fully saturated rings. The Balaban J connectivity index is 1.23. The van der Waals surface area contributed by atoms with Crippen molar-refractivity contribution in [3.63, 3.8) is 0 Å². The van der Waals surface area contributed by atoms with Gasteiger partial charge in [-0.2, -0.15) is 0 Å². The topological polar surface area (TPSA) is 79.9 Å². The average Bonchev–Trinajstić information content (AvgIpc) is 3.57. The van der Waals surface area contributed by atoms with Crippen LogP contribution in [-0.4, -0.2) is 65.8 Å². The van der Waals surface area contributed by atoms with E-state index in [1.54, 1.807) is 11.0 Å². The summed E-state index contributed by atoms with van der Waals surface area (Å²) < 4.78 is 31.7. The fraction of sp³-hybridized carbons (Fsp3) is 0.235. The average molecular weight is 579 g/mol. The summed E-state index contributed by atoms with van der Waals surface area (Å²) in [4.78, 5) is 26.2. The number of amides is 1. The molecular weight excluding hydrogens is 547 g/mol. The minimum Gasteiger partial charge on any atom is -0.488 e. The van der Waals surface area contributed by atoms with Crippen LogP contribution in [0.25, 0.3) is 22.2 Å². The van der Waals surface area contributed by atoms with Crippen LogP contribution < -0.4 is 9.47 Å². The second-order valence-corrected chi connectivity index (χ2v) is 11.1. The van der Waals surface area contributed by atoms with Crippen molar-refractivity contribution in [2.75, 3.05) is 34.0 Å². The van der Waals surface area contributed by atoms with Gasteiger partial charge in [-0.1, -0.05) is 36.4 Å². The highest BCUT2D eigenvalue weighted by atomic mass is 19.1. The van der Waals surface area contributed by atoms with Gasteiger partial charge in [0, 0.05) is 37.9 Å². The largest absolute Gasteiger partial charge is 0.488 e. The number of aromatic nitrogens is 2. The number of hydrogen-bond donors (Lipinski definition) is 1. The third-order valence-corrected chi connectivity index (χ3v) is 8.04. The lowest BCUT2D eigenvalue weighted by Gasteiger charge is -2.36. The van der Waals surface area contributed by atoms with Crippen molar-refractivity contribution in [1.82, 2.24) is 19.8 Å². The Morgan fingerprint density at radius 3 is 2.56 bits per heavy atom. The Bertz CT molecular complexity index is 1770. The summed E-state index contributed by atoms with van der Waals surface area (Å²) in [6.45, 7) is 2.16. The summed E-state index contributed by atoms with van der Waals surface area (Å²) in [5.74, 6) is 1.15. The predicted octanol–water partition coefficient (Wildman–Crippen LogP) is 5.79. The Kier molecular flexibility index (Phi) is 7.04. The van der Waals surface area contributed by atoms with Crippen molar-refractivity contribution in [2.45, 2.75) is 18.7 Å². The third kappa shape index (κ3) is 5.22. The van der Waals surface area contributed by atoms with Crippen molar-refractivity contribution >= 4 is 16.9 Å². The van der Waals surface area contributed by atoms with Crippen LogP contribution in [0, 0.1) is 5.82 Å². The molecule has 2 aliphatic heterocycles. The first-order valence-electron chi connectivity index (χ1n) is 14.2. The van der Waals surface area contributed by atoms with Crippen LogP contribution in [0.15, 0.2) is 84.9 Å². The van der Waals surface area contributed by atoms with Gasteiger partial charge < -0.3 is 24.1 Å². The summed E-state index contributed by atoms with van der Waals surface area (Å²) in [6, 6.07) is 25.1. The van der Waals surface area contributed by atoms with Crippen molar-refractivity contribution in [3.05, 3.63) is 113 Å². The summed E-state index contributed by atoms with van der Waals surface area (Å²) in [5, 5.41) is 0. The number of fused-ring (bicyclic) bond motifs is 2. The molecule has 8 nitrogen and oxygen atoms in total. The molecule has 0 bridgehead atoms. The molecule has 1 saturated heterocycles. The van der Waals surface area contributed by atoms with E-state index in [-0.39, 0.29) is 18.8 Å². The number of rotatable bonds is 9.